The summed E-state index contributed by atoms with van der Waals surface area (Å²) >= 11 is 0. The molecule has 0 amide bonds. The predicted octanol–water partition coefficient (Wildman–Crippen LogP) is 4.59. The lowest BCUT2D eigenvalue weighted by atomic mass is 10.1. The zero-order chi connectivity index (χ0) is 21.1. The van der Waals surface area contributed by atoms with Crippen LogP contribution in [0.15, 0.2) is 84.0 Å². The first-order chi connectivity index (χ1) is 14.0. The van der Waals surface area contributed by atoms with Crippen LogP contribution in [0.3, 0.4) is 0 Å². The van der Waals surface area contributed by atoms with Crippen molar-refractivity contribution in [3.63, 3.8) is 0 Å². The van der Waals surface area contributed by atoms with Crippen molar-refractivity contribution in [3.05, 3.63) is 89.5 Å². The summed E-state index contributed by atoms with van der Waals surface area (Å²) in [4.78, 5) is 23.5. The van der Waals surface area contributed by atoms with E-state index < -0.39 is 18.0 Å². The van der Waals surface area contributed by atoms with Crippen molar-refractivity contribution < 1.29 is 24.2 Å². The molecule has 0 radical (unpaired) electrons. The van der Waals surface area contributed by atoms with Crippen LogP contribution in [0.2, 0.25) is 0 Å². The molecule has 0 bridgehead atoms. The van der Waals surface area contributed by atoms with E-state index in [0.717, 1.165) is 5.56 Å². The summed E-state index contributed by atoms with van der Waals surface area (Å²) in [7, 11) is 0. The Labute approximate surface area is 171 Å². The molecule has 0 heterocycles. The number of carbonyl (C=O) groups is 2. The maximum Gasteiger partial charge on any atom is 0.333 e. The zero-order valence-corrected chi connectivity index (χ0v) is 16.7. The van der Waals surface area contributed by atoms with Crippen LogP contribution in [0.5, 0.6) is 5.75 Å². The Morgan fingerprint density at radius 3 is 2.17 bits per heavy atom. The molecule has 2 aromatic rings. The lowest BCUT2D eigenvalue weighted by Crippen LogP contribution is -2.25. The molecule has 0 saturated carbocycles. The highest BCUT2D eigenvalue weighted by molar-refractivity contribution is 5.88. The largest absolute Gasteiger partial charge is 0.490 e. The van der Waals surface area contributed by atoms with E-state index in [1.54, 1.807) is 6.92 Å². The number of allylic oxidation sites excluding steroid dienone is 1. The summed E-state index contributed by atoms with van der Waals surface area (Å²) in [5, 5.41) is 9.03. The van der Waals surface area contributed by atoms with E-state index in [4.69, 9.17) is 14.6 Å². The van der Waals surface area contributed by atoms with Crippen molar-refractivity contribution in [2.45, 2.75) is 32.8 Å². The third-order valence-electron chi connectivity index (χ3n) is 4.29. The number of esters is 1. The highest BCUT2D eigenvalue weighted by atomic mass is 16.6. The molecule has 0 aliphatic carbocycles. The summed E-state index contributed by atoms with van der Waals surface area (Å²) in [6.45, 7) is 3.34. The second-order valence-corrected chi connectivity index (χ2v) is 6.66. The lowest BCUT2D eigenvalue weighted by Gasteiger charge is -2.18. The topological polar surface area (TPSA) is 72.8 Å². The number of carbonyl (C=O) groups excluding carboxylic acids is 1. The molecular formula is C24H26O5. The van der Waals surface area contributed by atoms with E-state index in [1.807, 2.05) is 66.7 Å². The van der Waals surface area contributed by atoms with Crippen LogP contribution >= 0.6 is 0 Å². The Bertz CT molecular complexity index is 853. The van der Waals surface area contributed by atoms with Crippen molar-refractivity contribution in [2.75, 3.05) is 6.61 Å². The van der Waals surface area contributed by atoms with Gasteiger partial charge in [-0.2, -0.15) is 0 Å². The summed E-state index contributed by atoms with van der Waals surface area (Å²) in [5.74, 6) is -0.786. The number of aliphatic carboxylic acids is 1. The molecule has 1 unspecified atom stereocenters. The smallest absolute Gasteiger partial charge is 0.333 e. The lowest BCUT2D eigenvalue weighted by molar-refractivity contribution is -0.145. The number of carboxylic acid groups (broad SMARTS) is 1. The third kappa shape index (κ3) is 8.05. The van der Waals surface area contributed by atoms with Gasteiger partial charge in [0.05, 0.1) is 0 Å². The highest BCUT2D eigenvalue weighted by Gasteiger charge is 2.17. The number of benzene rings is 2. The maximum absolute atomic E-state index is 12.5. The monoisotopic (exact) mass is 394 g/mol. The van der Waals surface area contributed by atoms with Gasteiger partial charge in [0.25, 0.3) is 0 Å². The molecule has 5 nitrogen and oxygen atoms in total. The van der Waals surface area contributed by atoms with Gasteiger partial charge < -0.3 is 14.6 Å². The Morgan fingerprint density at radius 1 is 0.931 bits per heavy atom. The van der Waals surface area contributed by atoms with Crippen LogP contribution in [-0.2, 0) is 20.7 Å². The maximum atomic E-state index is 12.5. The van der Waals surface area contributed by atoms with Gasteiger partial charge in [-0.15, -0.1) is 0 Å². The molecule has 0 aliphatic rings. The zero-order valence-electron chi connectivity index (χ0n) is 16.7. The van der Waals surface area contributed by atoms with Gasteiger partial charge >= 0.3 is 11.9 Å². The Hall–Kier alpha value is -3.34. The molecular weight excluding hydrogens is 368 g/mol. The Kier molecular flexibility index (Phi) is 8.70. The van der Waals surface area contributed by atoms with Crippen molar-refractivity contribution in [2.24, 2.45) is 0 Å². The summed E-state index contributed by atoms with van der Waals surface area (Å²) < 4.78 is 11.3. The minimum Gasteiger partial charge on any atom is -0.490 e. The van der Waals surface area contributed by atoms with Crippen LogP contribution in [0.25, 0.3) is 0 Å². The third-order valence-corrected chi connectivity index (χ3v) is 4.29. The fraction of sp³-hybridized carbons (Fsp3) is 0.250. The number of hydrogen-bond acceptors (Lipinski definition) is 4. The number of para-hydroxylation sites is 1. The number of rotatable bonds is 10. The molecule has 5 heteroatoms. The van der Waals surface area contributed by atoms with E-state index >= 15 is 0 Å². The van der Waals surface area contributed by atoms with Gasteiger partial charge in [0.2, 0.25) is 0 Å². The first-order valence-corrected chi connectivity index (χ1v) is 9.45. The molecule has 0 saturated heterocycles. The van der Waals surface area contributed by atoms with Crippen molar-refractivity contribution in [3.8, 4) is 5.75 Å². The van der Waals surface area contributed by atoms with Gasteiger partial charge in [0.15, 0.2) is 0 Å². The molecule has 2 aromatic carbocycles. The average Bonchev–Trinajstić information content (AvgIpc) is 2.74. The van der Waals surface area contributed by atoms with Gasteiger partial charge in [0, 0.05) is 17.6 Å². The average molecular weight is 394 g/mol. The normalized spacial score (nSPS) is 12.9. The van der Waals surface area contributed by atoms with Gasteiger partial charge in [-0.25, -0.2) is 9.59 Å². The standard InChI is InChI=1S/C24H26O5/c1-18(23(25)26)14-16-22(17-28-21-11-7-4-8-12-21)29-24(27)19(2)13-15-20-9-5-3-6-10-20/h3-14,22H,15-17H2,1-2H3,(H,25,26). The molecule has 2 rings (SSSR count). The van der Waals surface area contributed by atoms with E-state index in [2.05, 4.69) is 0 Å². The fourth-order valence-electron chi connectivity index (χ4n) is 2.46. The number of ether oxygens (including phenoxy) is 2. The second-order valence-electron chi connectivity index (χ2n) is 6.66. The summed E-state index contributed by atoms with van der Waals surface area (Å²) in [5.41, 5.74) is 1.79. The predicted molar refractivity (Wildman–Crippen MR) is 112 cm³/mol. The van der Waals surface area contributed by atoms with E-state index in [-0.39, 0.29) is 18.6 Å². The van der Waals surface area contributed by atoms with Gasteiger partial charge in [-0.1, -0.05) is 60.7 Å². The first-order valence-electron chi connectivity index (χ1n) is 9.45. The van der Waals surface area contributed by atoms with Gasteiger partial charge in [0.1, 0.15) is 18.5 Å². The van der Waals surface area contributed by atoms with E-state index in [0.29, 0.717) is 17.7 Å². The van der Waals surface area contributed by atoms with E-state index in [1.165, 1.54) is 13.0 Å². The molecule has 152 valence electrons. The molecule has 0 spiro atoms. The molecule has 0 aliphatic heterocycles. The van der Waals surface area contributed by atoms with Crippen molar-refractivity contribution in [1.82, 2.24) is 0 Å². The molecule has 0 aromatic heterocycles. The van der Waals surface area contributed by atoms with E-state index in [9.17, 15) is 9.59 Å². The van der Waals surface area contributed by atoms with Crippen LogP contribution in [0.4, 0.5) is 0 Å². The first kappa shape index (κ1) is 22.0. The highest BCUT2D eigenvalue weighted by Crippen LogP contribution is 2.13. The fourth-order valence-corrected chi connectivity index (χ4v) is 2.46. The summed E-state index contributed by atoms with van der Waals surface area (Å²) in [6.07, 6.45) is 3.65. The van der Waals surface area contributed by atoms with Crippen LogP contribution in [-0.4, -0.2) is 29.8 Å². The van der Waals surface area contributed by atoms with Crippen LogP contribution < -0.4 is 4.74 Å². The van der Waals surface area contributed by atoms with Crippen molar-refractivity contribution in [1.29, 1.82) is 0 Å². The number of carboxylic acids is 1. The molecule has 29 heavy (non-hydrogen) atoms. The Balaban J connectivity index is 2.01. The molecule has 1 atom stereocenters. The quantitative estimate of drug-likeness (QED) is 0.471. The SMILES string of the molecule is CC(=CCC(COc1ccccc1)OC(=O)C(C)=CCc1ccccc1)C(=O)O. The van der Waals surface area contributed by atoms with Crippen LogP contribution in [0.1, 0.15) is 25.8 Å². The molecule has 0 fully saturated rings. The minimum atomic E-state index is -1.00. The second kappa shape index (κ2) is 11.5. The van der Waals surface area contributed by atoms with Crippen LogP contribution in [0, 0.1) is 0 Å². The number of hydrogen-bond donors (Lipinski definition) is 1. The molecule has 1 N–H and O–H groups in total. The van der Waals surface area contributed by atoms with Gasteiger partial charge in [-0.05, 0) is 38.0 Å². The van der Waals surface area contributed by atoms with Crippen molar-refractivity contribution >= 4 is 11.9 Å². The minimum absolute atomic E-state index is 0.130. The Morgan fingerprint density at radius 2 is 1.55 bits per heavy atom. The summed E-state index contributed by atoms with van der Waals surface area (Å²) in [6, 6.07) is 19.0. The van der Waals surface area contributed by atoms with Gasteiger partial charge in [-0.3, -0.25) is 0 Å².